The third kappa shape index (κ3) is 2.85. The van der Waals surface area contributed by atoms with Crippen LogP contribution in [0.2, 0.25) is 0 Å². The fourth-order valence-corrected chi connectivity index (χ4v) is 3.51. The Balaban J connectivity index is 1.55. The van der Waals surface area contributed by atoms with Crippen molar-refractivity contribution in [3.05, 3.63) is 47.5 Å². The first-order valence-electron chi connectivity index (χ1n) is 8.51. The second-order valence-corrected chi connectivity index (χ2v) is 6.37. The van der Waals surface area contributed by atoms with Gasteiger partial charge in [-0.3, -0.25) is 4.79 Å². The molecular weight excluding hydrogens is 332 g/mol. The number of nitrogens with one attached hydrogen (secondary N) is 1. The standard InChI is InChI=1S/C19H20N4O3/c1-25-14-4-6-18(26-2)15(10-14)13-7-8-23(11-13)19(24)12-3-5-16-17(9-12)21-22-20-16/h3-6,9-10,13H,7-8,11H2,1-2H3,(H,20,21,22)/t13-/m1/s1. The van der Waals surface area contributed by atoms with Gasteiger partial charge >= 0.3 is 0 Å². The van der Waals surface area contributed by atoms with E-state index in [0.29, 0.717) is 24.2 Å². The molecule has 7 nitrogen and oxygen atoms in total. The predicted octanol–water partition coefficient (Wildman–Crippen LogP) is 2.60. The van der Waals surface area contributed by atoms with Gasteiger partial charge in [-0.25, -0.2) is 0 Å². The maximum Gasteiger partial charge on any atom is 0.253 e. The van der Waals surface area contributed by atoms with Crippen molar-refractivity contribution in [1.82, 2.24) is 20.3 Å². The number of aromatic amines is 1. The monoisotopic (exact) mass is 352 g/mol. The van der Waals surface area contributed by atoms with E-state index in [1.54, 1.807) is 26.4 Å². The molecule has 1 aliphatic rings. The summed E-state index contributed by atoms with van der Waals surface area (Å²) in [5, 5.41) is 10.6. The molecule has 1 aliphatic heterocycles. The molecule has 2 heterocycles. The van der Waals surface area contributed by atoms with Crippen LogP contribution in [-0.2, 0) is 0 Å². The van der Waals surface area contributed by atoms with E-state index < -0.39 is 0 Å². The predicted molar refractivity (Wildman–Crippen MR) is 96.7 cm³/mol. The number of nitrogens with zero attached hydrogens (tertiary/aromatic N) is 3. The van der Waals surface area contributed by atoms with Gasteiger partial charge < -0.3 is 14.4 Å². The van der Waals surface area contributed by atoms with Gasteiger partial charge in [-0.15, -0.1) is 0 Å². The SMILES string of the molecule is COc1ccc(OC)c([C@@H]2CCN(C(=O)c3ccc4n[nH]nc4c3)C2)c1. The summed E-state index contributed by atoms with van der Waals surface area (Å²) in [7, 11) is 3.31. The minimum Gasteiger partial charge on any atom is -0.497 e. The third-order valence-corrected chi connectivity index (χ3v) is 4.92. The van der Waals surface area contributed by atoms with E-state index in [1.165, 1.54) is 0 Å². The number of aromatic nitrogens is 3. The first-order chi connectivity index (χ1) is 12.7. The van der Waals surface area contributed by atoms with Gasteiger partial charge in [0.1, 0.15) is 22.5 Å². The number of rotatable bonds is 4. The average Bonchev–Trinajstić information content (AvgIpc) is 3.35. The van der Waals surface area contributed by atoms with Crippen LogP contribution in [0.15, 0.2) is 36.4 Å². The van der Waals surface area contributed by atoms with E-state index in [1.807, 2.05) is 29.2 Å². The highest BCUT2D eigenvalue weighted by molar-refractivity contribution is 5.97. The summed E-state index contributed by atoms with van der Waals surface area (Å²) < 4.78 is 10.8. The second-order valence-electron chi connectivity index (χ2n) is 6.37. The van der Waals surface area contributed by atoms with E-state index in [9.17, 15) is 4.79 Å². The largest absolute Gasteiger partial charge is 0.497 e. The number of ether oxygens (including phenoxy) is 2. The highest BCUT2D eigenvalue weighted by Gasteiger charge is 2.30. The lowest BCUT2D eigenvalue weighted by molar-refractivity contribution is 0.0791. The summed E-state index contributed by atoms with van der Waals surface area (Å²) in [4.78, 5) is 14.8. The summed E-state index contributed by atoms with van der Waals surface area (Å²) in [6, 6.07) is 11.2. The van der Waals surface area contributed by atoms with Crippen molar-refractivity contribution >= 4 is 16.9 Å². The Morgan fingerprint density at radius 3 is 2.77 bits per heavy atom. The van der Waals surface area contributed by atoms with Crippen LogP contribution in [0, 0.1) is 0 Å². The van der Waals surface area contributed by atoms with Gasteiger partial charge in [0.2, 0.25) is 0 Å². The fourth-order valence-electron chi connectivity index (χ4n) is 3.51. The van der Waals surface area contributed by atoms with E-state index >= 15 is 0 Å². The summed E-state index contributed by atoms with van der Waals surface area (Å²) in [6.07, 6.45) is 0.890. The number of likely N-dealkylation sites (tertiary alicyclic amines) is 1. The Morgan fingerprint density at radius 2 is 1.96 bits per heavy atom. The number of carbonyl (C=O) groups excluding carboxylic acids is 1. The Bertz CT molecular complexity index is 953. The Morgan fingerprint density at radius 1 is 1.12 bits per heavy atom. The zero-order valence-electron chi connectivity index (χ0n) is 14.7. The zero-order valence-corrected chi connectivity index (χ0v) is 14.7. The molecule has 134 valence electrons. The summed E-state index contributed by atoms with van der Waals surface area (Å²) in [6.45, 7) is 1.36. The highest BCUT2D eigenvalue weighted by atomic mass is 16.5. The molecule has 0 bridgehead atoms. The number of benzene rings is 2. The molecule has 0 spiro atoms. The van der Waals surface area contributed by atoms with Crippen molar-refractivity contribution in [2.24, 2.45) is 0 Å². The van der Waals surface area contributed by atoms with Crippen LogP contribution in [-0.4, -0.2) is 53.5 Å². The lowest BCUT2D eigenvalue weighted by atomic mass is 9.97. The van der Waals surface area contributed by atoms with Crippen LogP contribution in [0.5, 0.6) is 11.5 Å². The van der Waals surface area contributed by atoms with Gasteiger partial charge in [-0.1, -0.05) is 0 Å². The van der Waals surface area contributed by atoms with E-state index in [2.05, 4.69) is 15.4 Å². The molecule has 0 aliphatic carbocycles. The minimum absolute atomic E-state index is 0.0132. The zero-order chi connectivity index (χ0) is 18.1. The minimum atomic E-state index is 0.0132. The van der Waals surface area contributed by atoms with E-state index in [0.717, 1.165) is 29.0 Å². The van der Waals surface area contributed by atoms with Gasteiger partial charge in [0.05, 0.1) is 14.2 Å². The lowest BCUT2D eigenvalue weighted by Crippen LogP contribution is -2.28. The van der Waals surface area contributed by atoms with Gasteiger partial charge in [0, 0.05) is 30.1 Å². The van der Waals surface area contributed by atoms with Crippen LogP contribution in [0.25, 0.3) is 11.0 Å². The molecule has 7 heteroatoms. The second kappa shape index (κ2) is 6.67. The molecule has 26 heavy (non-hydrogen) atoms. The number of methoxy groups -OCH3 is 2. The molecule has 0 saturated carbocycles. The van der Waals surface area contributed by atoms with Crippen molar-refractivity contribution in [1.29, 1.82) is 0 Å². The number of hydrogen-bond donors (Lipinski definition) is 1. The molecule has 1 N–H and O–H groups in total. The molecule has 3 aromatic rings. The Labute approximate surface area is 150 Å². The van der Waals surface area contributed by atoms with Crippen molar-refractivity contribution in [2.75, 3.05) is 27.3 Å². The first kappa shape index (κ1) is 16.4. The molecule has 1 amide bonds. The molecule has 4 rings (SSSR count). The number of amides is 1. The first-order valence-corrected chi connectivity index (χ1v) is 8.51. The van der Waals surface area contributed by atoms with E-state index in [-0.39, 0.29) is 11.8 Å². The van der Waals surface area contributed by atoms with Crippen LogP contribution in [0.4, 0.5) is 0 Å². The van der Waals surface area contributed by atoms with Gasteiger partial charge in [-0.05, 0) is 42.8 Å². The molecule has 0 radical (unpaired) electrons. The number of H-pyrrole nitrogens is 1. The van der Waals surface area contributed by atoms with Crippen LogP contribution in [0.1, 0.15) is 28.3 Å². The van der Waals surface area contributed by atoms with Crippen molar-refractivity contribution in [3.8, 4) is 11.5 Å². The summed E-state index contributed by atoms with van der Waals surface area (Å²) in [5.41, 5.74) is 3.15. The molecule has 0 unspecified atom stereocenters. The normalized spacial score (nSPS) is 16.8. The smallest absolute Gasteiger partial charge is 0.253 e. The molecule has 2 aromatic carbocycles. The number of hydrogen-bond acceptors (Lipinski definition) is 5. The number of fused-ring (bicyclic) bond motifs is 1. The van der Waals surface area contributed by atoms with Crippen LogP contribution < -0.4 is 9.47 Å². The summed E-state index contributed by atoms with van der Waals surface area (Å²) in [5.74, 6) is 1.86. The molecule has 1 fully saturated rings. The van der Waals surface area contributed by atoms with Crippen molar-refractivity contribution in [3.63, 3.8) is 0 Å². The van der Waals surface area contributed by atoms with Crippen LogP contribution >= 0.6 is 0 Å². The van der Waals surface area contributed by atoms with Gasteiger partial charge in [-0.2, -0.15) is 15.4 Å². The van der Waals surface area contributed by atoms with Crippen LogP contribution in [0.3, 0.4) is 0 Å². The van der Waals surface area contributed by atoms with Crippen molar-refractivity contribution in [2.45, 2.75) is 12.3 Å². The average molecular weight is 352 g/mol. The maximum absolute atomic E-state index is 12.9. The maximum atomic E-state index is 12.9. The molecular formula is C19H20N4O3. The third-order valence-electron chi connectivity index (χ3n) is 4.92. The molecule has 1 saturated heterocycles. The Kier molecular flexibility index (Phi) is 4.20. The quantitative estimate of drug-likeness (QED) is 0.781. The van der Waals surface area contributed by atoms with Gasteiger partial charge in [0.25, 0.3) is 5.91 Å². The lowest BCUT2D eigenvalue weighted by Gasteiger charge is -2.18. The molecule has 1 aromatic heterocycles. The fraction of sp³-hybridized carbons (Fsp3) is 0.316. The summed E-state index contributed by atoms with van der Waals surface area (Å²) >= 11 is 0. The highest BCUT2D eigenvalue weighted by Crippen LogP contribution is 2.36. The number of carbonyl (C=O) groups is 1. The van der Waals surface area contributed by atoms with E-state index in [4.69, 9.17) is 9.47 Å². The van der Waals surface area contributed by atoms with Gasteiger partial charge in [0.15, 0.2) is 0 Å². The van der Waals surface area contributed by atoms with Crippen molar-refractivity contribution < 1.29 is 14.3 Å². The molecule has 1 atom stereocenters. The Hall–Kier alpha value is -3.09. The topological polar surface area (TPSA) is 80.3 Å².